The number of aryl methyl sites for hydroxylation is 1. The Kier molecular flexibility index (Phi) is 4.52. The molecule has 1 aliphatic carbocycles. The number of rotatable bonds is 3. The maximum atomic E-state index is 12.8. The summed E-state index contributed by atoms with van der Waals surface area (Å²) in [5.41, 5.74) is 1.39. The fraction of sp³-hybridized carbons (Fsp3) is 0.765. The van der Waals surface area contributed by atoms with Crippen molar-refractivity contribution in [3.8, 4) is 0 Å². The zero-order chi connectivity index (χ0) is 15.6. The highest BCUT2D eigenvalue weighted by Gasteiger charge is 2.36. The Morgan fingerprint density at radius 3 is 2.82 bits per heavy atom. The zero-order valence-corrected chi connectivity index (χ0v) is 13.5. The lowest BCUT2D eigenvalue weighted by atomic mass is 9.82. The van der Waals surface area contributed by atoms with Crippen molar-refractivity contribution in [3.63, 3.8) is 0 Å². The van der Waals surface area contributed by atoms with Crippen LogP contribution in [0.3, 0.4) is 0 Å². The van der Waals surface area contributed by atoms with E-state index in [-0.39, 0.29) is 18.4 Å². The molecule has 1 saturated heterocycles. The Balaban J connectivity index is 1.73. The summed E-state index contributed by atoms with van der Waals surface area (Å²) in [7, 11) is 0. The molecule has 0 spiro atoms. The molecule has 1 atom stereocenters. The molecule has 1 saturated carbocycles. The molecular weight excluding hydrogens is 278 g/mol. The molecule has 0 aromatic carbocycles. The van der Waals surface area contributed by atoms with Gasteiger partial charge in [0.15, 0.2) is 0 Å². The van der Waals surface area contributed by atoms with Crippen molar-refractivity contribution in [2.24, 2.45) is 0 Å². The SMILES string of the molecule is Cc1cn[nH]c1[C@H]1CCCCN1C(=O)CC1(O)CCCCC1. The van der Waals surface area contributed by atoms with Gasteiger partial charge in [-0.05, 0) is 44.6 Å². The van der Waals surface area contributed by atoms with Gasteiger partial charge in [-0.2, -0.15) is 5.10 Å². The number of aliphatic hydroxyl groups is 1. The second kappa shape index (κ2) is 6.41. The number of carbonyl (C=O) groups excluding carboxylic acids is 1. The predicted octanol–water partition coefficient (Wildman–Crippen LogP) is 2.86. The second-order valence-corrected chi connectivity index (χ2v) is 7.03. The fourth-order valence-corrected chi connectivity index (χ4v) is 3.99. The summed E-state index contributed by atoms with van der Waals surface area (Å²) < 4.78 is 0. The van der Waals surface area contributed by atoms with Crippen LogP contribution in [-0.4, -0.2) is 38.3 Å². The molecule has 2 fully saturated rings. The average molecular weight is 305 g/mol. The number of amides is 1. The number of piperidine rings is 1. The Bertz CT molecular complexity index is 520. The first-order valence-electron chi connectivity index (χ1n) is 8.61. The quantitative estimate of drug-likeness (QED) is 0.902. The van der Waals surface area contributed by atoms with Crippen molar-refractivity contribution in [2.75, 3.05) is 6.54 Å². The minimum atomic E-state index is -0.777. The normalized spacial score (nSPS) is 25.2. The smallest absolute Gasteiger partial charge is 0.226 e. The van der Waals surface area contributed by atoms with Crippen molar-refractivity contribution < 1.29 is 9.90 Å². The van der Waals surface area contributed by atoms with E-state index in [0.29, 0.717) is 0 Å². The van der Waals surface area contributed by atoms with Crippen LogP contribution in [0.1, 0.15) is 75.1 Å². The summed E-state index contributed by atoms with van der Waals surface area (Å²) in [5.74, 6) is 0.100. The van der Waals surface area contributed by atoms with E-state index in [9.17, 15) is 9.90 Å². The average Bonchev–Trinajstić information content (AvgIpc) is 2.93. The lowest BCUT2D eigenvalue weighted by molar-refractivity contribution is -0.141. The van der Waals surface area contributed by atoms with Crippen molar-refractivity contribution in [1.82, 2.24) is 15.1 Å². The van der Waals surface area contributed by atoms with Gasteiger partial charge in [0.1, 0.15) is 0 Å². The molecule has 1 aliphatic heterocycles. The predicted molar refractivity (Wildman–Crippen MR) is 84.3 cm³/mol. The third kappa shape index (κ3) is 3.19. The van der Waals surface area contributed by atoms with Crippen LogP contribution in [0.25, 0.3) is 0 Å². The summed E-state index contributed by atoms with van der Waals surface area (Å²) in [4.78, 5) is 14.8. The van der Waals surface area contributed by atoms with E-state index in [4.69, 9.17) is 0 Å². The Morgan fingerprint density at radius 1 is 1.36 bits per heavy atom. The number of hydrogen-bond donors (Lipinski definition) is 2. The van der Waals surface area contributed by atoms with E-state index in [1.165, 1.54) is 6.42 Å². The Morgan fingerprint density at radius 2 is 2.14 bits per heavy atom. The third-order valence-corrected chi connectivity index (χ3v) is 5.29. The van der Waals surface area contributed by atoms with Crippen molar-refractivity contribution in [2.45, 2.75) is 76.4 Å². The zero-order valence-electron chi connectivity index (χ0n) is 13.5. The van der Waals surface area contributed by atoms with Gasteiger partial charge in [-0.25, -0.2) is 0 Å². The molecule has 1 amide bonds. The van der Waals surface area contributed by atoms with Gasteiger partial charge in [-0.15, -0.1) is 0 Å². The highest BCUT2D eigenvalue weighted by Crippen LogP contribution is 2.35. The molecule has 1 aromatic heterocycles. The van der Waals surface area contributed by atoms with E-state index in [1.54, 1.807) is 0 Å². The summed E-state index contributed by atoms with van der Waals surface area (Å²) >= 11 is 0. The second-order valence-electron chi connectivity index (χ2n) is 7.03. The topological polar surface area (TPSA) is 69.2 Å². The van der Waals surface area contributed by atoms with E-state index in [1.807, 2.05) is 18.0 Å². The lowest BCUT2D eigenvalue weighted by Gasteiger charge is -2.39. The maximum Gasteiger partial charge on any atom is 0.226 e. The van der Waals surface area contributed by atoms with Gasteiger partial charge in [-0.1, -0.05) is 19.3 Å². The van der Waals surface area contributed by atoms with Gasteiger partial charge in [0, 0.05) is 6.54 Å². The van der Waals surface area contributed by atoms with Crippen molar-refractivity contribution >= 4 is 5.91 Å². The monoisotopic (exact) mass is 305 g/mol. The van der Waals surface area contributed by atoms with Crippen LogP contribution in [0.5, 0.6) is 0 Å². The van der Waals surface area contributed by atoms with Gasteiger partial charge in [0.05, 0.1) is 30.0 Å². The van der Waals surface area contributed by atoms with Crippen LogP contribution in [-0.2, 0) is 4.79 Å². The minimum absolute atomic E-state index is 0.0935. The number of H-pyrrole nitrogens is 1. The molecule has 2 heterocycles. The molecule has 0 bridgehead atoms. The van der Waals surface area contributed by atoms with Gasteiger partial charge < -0.3 is 10.0 Å². The van der Waals surface area contributed by atoms with Crippen LogP contribution in [0.2, 0.25) is 0 Å². The van der Waals surface area contributed by atoms with Gasteiger partial charge in [-0.3, -0.25) is 9.89 Å². The first-order chi connectivity index (χ1) is 10.6. The molecular formula is C17H27N3O2. The summed E-state index contributed by atoms with van der Waals surface area (Å²) in [6.45, 7) is 2.82. The molecule has 2 aliphatic rings. The highest BCUT2D eigenvalue weighted by atomic mass is 16.3. The number of nitrogens with one attached hydrogen (secondary N) is 1. The summed E-state index contributed by atoms with van der Waals surface area (Å²) in [6, 6.07) is 0.0935. The van der Waals surface area contributed by atoms with Crippen molar-refractivity contribution in [1.29, 1.82) is 0 Å². The molecule has 1 aromatic rings. The van der Waals surface area contributed by atoms with Crippen LogP contribution in [0, 0.1) is 6.92 Å². The molecule has 0 unspecified atom stereocenters. The first-order valence-corrected chi connectivity index (χ1v) is 8.61. The maximum absolute atomic E-state index is 12.8. The molecule has 0 radical (unpaired) electrons. The van der Waals surface area contributed by atoms with Gasteiger partial charge >= 0.3 is 0 Å². The number of likely N-dealkylation sites (tertiary alicyclic amines) is 1. The van der Waals surface area contributed by atoms with Gasteiger partial charge in [0.25, 0.3) is 0 Å². The highest BCUT2D eigenvalue weighted by molar-refractivity contribution is 5.78. The molecule has 5 heteroatoms. The van der Waals surface area contributed by atoms with Crippen LogP contribution in [0.15, 0.2) is 6.20 Å². The van der Waals surface area contributed by atoms with E-state index >= 15 is 0 Å². The minimum Gasteiger partial charge on any atom is -0.389 e. The fourth-order valence-electron chi connectivity index (χ4n) is 3.99. The molecule has 3 rings (SSSR count). The van der Waals surface area contributed by atoms with E-state index in [2.05, 4.69) is 10.2 Å². The molecule has 122 valence electrons. The van der Waals surface area contributed by atoms with Gasteiger partial charge in [0.2, 0.25) is 5.91 Å². The number of hydrogen-bond acceptors (Lipinski definition) is 3. The number of aromatic amines is 1. The third-order valence-electron chi connectivity index (χ3n) is 5.29. The lowest BCUT2D eigenvalue weighted by Crippen LogP contribution is -2.44. The standard InChI is InChI=1S/C17H27N3O2/c1-13-12-18-19-16(13)14-7-3-6-10-20(14)15(21)11-17(22)8-4-2-5-9-17/h12,14,22H,2-11H2,1H3,(H,18,19)/t14-/m1/s1. The van der Waals surface area contributed by atoms with Crippen molar-refractivity contribution in [3.05, 3.63) is 17.5 Å². The van der Waals surface area contributed by atoms with Crippen LogP contribution < -0.4 is 0 Å². The Hall–Kier alpha value is -1.36. The van der Waals surface area contributed by atoms with E-state index < -0.39 is 5.60 Å². The summed E-state index contributed by atoms with van der Waals surface area (Å²) in [6.07, 6.45) is 10.0. The first kappa shape index (κ1) is 15.5. The van der Waals surface area contributed by atoms with Crippen LogP contribution in [0.4, 0.5) is 0 Å². The van der Waals surface area contributed by atoms with Crippen LogP contribution >= 0.6 is 0 Å². The number of aromatic nitrogens is 2. The number of carbonyl (C=O) groups is 1. The number of nitrogens with zero attached hydrogens (tertiary/aromatic N) is 2. The van der Waals surface area contributed by atoms with E-state index in [0.717, 1.165) is 62.7 Å². The Labute approximate surface area is 132 Å². The largest absolute Gasteiger partial charge is 0.389 e. The molecule has 22 heavy (non-hydrogen) atoms. The summed E-state index contributed by atoms with van der Waals surface area (Å²) in [5, 5.41) is 17.9. The molecule has 2 N–H and O–H groups in total. The molecule has 5 nitrogen and oxygen atoms in total.